The van der Waals surface area contributed by atoms with Crippen LogP contribution >= 0.6 is 0 Å². The molecule has 0 saturated heterocycles. The lowest BCUT2D eigenvalue weighted by molar-refractivity contribution is -0.168. The third kappa shape index (κ3) is 2.82. The third-order valence-corrected chi connectivity index (χ3v) is 3.15. The highest BCUT2D eigenvalue weighted by Crippen LogP contribution is 2.26. The summed E-state index contributed by atoms with van der Waals surface area (Å²) in [6.45, 7) is 6.68. The standard InChI is InChI=1S/C16H20O2/c1-4-16(3,17-5-2)18-15-11-10-13-8-6-7-9-14(13)12-15/h6-12H,4-5H2,1-3H3. The molecule has 0 aliphatic heterocycles. The van der Waals surface area contributed by atoms with Crippen LogP contribution in [0, 0.1) is 0 Å². The van der Waals surface area contributed by atoms with Crippen molar-refractivity contribution in [3.63, 3.8) is 0 Å². The molecule has 0 aliphatic carbocycles. The summed E-state index contributed by atoms with van der Waals surface area (Å²) in [5.74, 6) is 0.309. The number of rotatable bonds is 5. The number of fused-ring (bicyclic) bond motifs is 1. The Morgan fingerprint density at radius 1 is 1.00 bits per heavy atom. The summed E-state index contributed by atoms with van der Waals surface area (Å²) in [6.07, 6.45) is 0.813. The van der Waals surface area contributed by atoms with E-state index < -0.39 is 5.79 Å². The van der Waals surface area contributed by atoms with Gasteiger partial charge in [-0.05, 0) is 29.8 Å². The zero-order valence-electron chi connectivity index (χ0n) is 11.3. The molecule has 2 heteroatoms. The lowest BCUT2D eigenvalue weighted by Crippen LogP contribution is -2.34. The van der Waals surface area contributed by atoms with Gasteiger partial charge in [0.2, 0.25) is 5.79 Å². The first-order valence-electron chi connectivity index (χ1n) is 6.48. The zero-order valence-corrected chi connectivity index (χ0v) is 11.3. The van der Waals surface area contributed by atoms with Gasteiger partial charge in [0.25, 0.3) is 0 Å². The van der Waals surface area contributed by atoms with Crippen molar-refractivity contribution in [3.05, 3.63) is 42.5 Å². The van der Waals surface area contributed by atoms with E-state index in [0.29, 0.717) is 6.61 Å². The van der Waals surface area contributed by atoms with Crippen LogP contribution in [0.3, 0.4) is 0 Å². The molecular formula is C16H20O2. The Hall–Kier alpha value is -1.54. The molecule has 0 aliphatic rings. The summed E-state index contributed by atoms with van der Waals surface area (Å²) in [5.41, 5.74) is 0. The maximum absolute atomic E-state index is 5.98. The molecule has 2 aromatic carbocycles. The molecule has 0 aromatic heterocycles. The summed E-state index contributed by atoms with van der Waals surface area (Å²) >= 11 is 0. The second-order valence-corrected chi connectivity index (χ2v) is 4.53. The van der Waals surface area contributed by atoms with Gasteiger partial charge in [0.1, 0.15) is 5.75 Å². The zero-order chi connectivity index (χ0) is 13.0. The third-order valence-electron chi connectivity index (χ3n) is 3.15. The first kappa shape index (κ1) is 12.9. The van der Waals surface area contributed by atoms with Gasteiger partial charge in [0.15, 0.2) is 0 Å². The van der Waals surface area contributed by atoms with Gasteiger partial charge >= 0.3 is 0 Å². The molecule has 18 heavy (non-hydrogen) atoms. The van der Waals surface area contributed by atoms with Crippen molar-refractivity contribution in [2.75, 3.05) is 6.61 Å². The Balaban J connectivity index is 2.26. The minimum Gasteiger partial charge on any atom is -0.463 e. The van der Waals surface area contributed by atoms with Gasteiger partial charge in [-0.3, -0.25) is 0 Å². The van der Waals surface area contributed by atoms with Crippen molar-refractivity contribution >= 4 is 10.8 Å². The fraction of sp³-hybridized carbons (Fsp3) is 0.375. The molecule has 1 atom stereocenters. The SMILES string of the molecule is CCOC(C)(CC)Oc1ccc2ccccc2c1. The molecule has 2 rings (SSSR count). The highest BCUT2D eigenvalue weighted by molar-refractivity contribution is 5.83. The van der Waals surface area contributed by atoms with Crippen molar-refractivity contribution in [3.8, 4) is 5.75 Å². The highest BCUT2D eigenvalue weighted by atomic mass is 16.7. The minimum absolute atomic E-state index is 0.544. The lowest BCUT2D eigenvalue weighted by Gasteiger charge is -2.29. The lowest BCUT2D eigenvalue weighted by atomic mass is 10.1. The molecule has 2 aromatic rings. The molecule has 0 spiro atoms. The van der Waals surface area contributed by atoms with Crippen molar-refractivity contribution in [1.29, 1.82) is 0 Å². The van der Waals surface area contributed by atoms with Gasteiger partial charge in [-0.25, -0.2) is 0 Å². The summed E-state index contributed by atoms with van der Waals surface area (Å²) in [7, 11) is 0. The van der Waals surface area contributed by atoms with Crippen LogP contribution in [0.2, 0.25) is 0 Å². The molecule has 96 valence electrons. The van der Waals surface area contributed by atoms with E-state index in [2.05, 4.69) is 31.2 Å². The second kappa shape index (κ2) is 5.40. The Morgan fingerprint density at radius 3 is 2.39 bits per heavy atom. The Bertz CT molecular complexity index is 521. The Morgan fingerprint density at radius 2 is 1.72 bits per heavy atom. The largest absolute Gasteiger partial charge is 0.463 e. The van der Waals surface area contributed by atoms with Crippen LogP contribution < -0.4 is 4.74 Å². The van der Waals surface area contributed by atoms with Crippen molar-refractivity contribution in [2.45, 2.75) is 33.0 Å². The van der Waals surface area contributed by atoms with E-state index in [1.54, 1.807) is 0 Å². The van der Waals surface area contributed by atoms with Gasteiger partial charge in [0.05, 0.1) is 0 Å². The van der Waals surface area contributed by atoms with Crippen LogP contribution in [0.4, 0.5) is 0 Å². The average Bonchev–Trinajstić information content (AvgIpc) is 2.39. The summed E-state index contributed by atoms with van der Waals surface area (Å²) in [5, 5.41) is 2.41. The topological polar surface area (TPSA) is 18.5 Å². The molecule has 0 radical (unpaired) electrons. The Kier molecular flexibility index (Phi) is 3.87. The van der Waals surface area contributed by atoms with Gasteiger partial charge in [-0.15, -0.1) is 0 Å². The number of hydrogen-bond donors (Lipinski definition) is 0. The van der Waals surface area contributed by atoms with Crippen LogP contribution in [-0.2, 0) is 4.74 Å². The highest BCUT2D eigenvalue weighted by Gasteiger charge is 2.24. The minimum atomic E-state index is -0.544. The second-order valence-electron chi connectivity index (χ2n) is 4.53. The molecular weight excluding hydrogens is 224 g/mol. The van der Waals surface area contributed by atoms with Crippen LogP contribution in [0.5, 0.6) is 5.75 Å². The van der Waals surface area contributed by atoms with Gasteiger partial charge in [0, 0.05) is 20.0 Å². The maximum Gasteiger partial charge on any atom is 0.207 e. The fourth-order valence-electron chi connectivity index (χ4n) is 1.99. The summed E-state index contributed by atoms with van der Waals surface area (Å²) in [4.78, 5) is 0. The van der Waals surface area contributed by atoms with E-state index in [0.717, 1.165) is 12.2 Å². The normalized spacial score (nSPS) is 14.4. The van der Waals surface area contributed by atoms with Crippen molar-refractivity contribution < 1.29 is 9.47 Å². The molecule has 1 unspecified atom stereocenters. The summed E-state index contributed by atoms with van der Waals surface area (Å²) in [6, 6.07) is 14.4. The molecule has 0 heterocycles. The van der Waals surface area contributed by atoms with Crippen LogP contribution in [0.1, 0.15) is 27.2 Å². The van der Waals surface area contributed by atoms with Gasteiger partial charge in [-0.1, -0.05) is 37.3 Å². The predicted molar refractivity (Wildman–Crippen MR) is 74.9 cm³/mol. The monoisotopic (exact) mass is 244 g/mol. The quantitative estimate of drug-likeness (QED) is 0.727. The Labute approximate surface area is 109 Å². The van der Waals surface area contributed by atoms with Crippen molar-refractivity contribution in [2.24, 2.45) is 0 Å². The predicted octanol–water partition coefficient (Wildman–Crippen LogP) is 4.38. The molecule has 0 amide bonds. The summed E-state index contributed by atoms with van der Waals surface area (Å²) < 4.78 is 11.6. The van der Waals surface area contributed by atoms with Crippen LogP contribution in [0.15, 0.2) is 42.5 Å². The first-order valence-corrected chi connectivity index (χ1v) is 6.48. The maximum atomic E-state index is 5.98. The van der Waals surface area contributed by atoms with Gasteiger partial charge < -0.3 is 9.47 Å². The van der Waals surface area contributed by atoms with Gasteiger partial charge in [-0.2, -0.15) is 0 Å². The van der Waals surface area contributed by atoms with E-state index in [9.17, 15) is 0 Å². The van der Waals surface area contributed by atoms with Crippen LogP contribution in [0.25, 0.3) is 10.8 Å². The molecule has 0 N–H and O–H groups in total. The number of benzene rings is 2. The molecule has 0 fully saturated rings. The van der Waals surface area contributed by atoms with Crippen LogP contribution in [-0.4, -0.2) is 12.4 Å². The van der Waals surface area contributed by atoms with E-state index in [4.69, 9.17) is 9.47 Å². The van der Waals surface area contributed by atoms with E-state index in [1.165, 1.54) is 10.8 Å². The number of hydrogen-bond acceptors (Lipinski definition) is 2. The first-order chi connectivity index (χ1) is 8.67. The van der Waals surface area contributed by atoms with E-state index >= 15 is 0 Å². The van der Waals surface area contributed by atoms with E-state index in [1.807, 2.05) is 32.0 Å². The van der Waals surface area contributed by atoms with E-state index in [-0.39, 0.29) is 0 Å². The van der Waals surface area contributed by atoms with Crippen molar-refractivity contribution in [1.82, 2.24) is 0 Å². The molecule has 0 saturated carbocycles. The smallest absolute Gasteiger partial charge is 0.207 e. The molecule has 2 nitrogen and oxygen atoms in total. The fourth-order valence-corrected chi connectivity index (χ4v) is 1.99. The number of ether oxygens (including phenoxy) is 2. The average molecular weight is 244 g/mol. The molecule has 0 bridgehead atoms.